The van der Waals surface area contributed by atoms with E-state index in [4.69, 9.17) is 9.26 Å². The lowest BCUT2D eigenvalue weighted by Gasteiger charge is -2.38. The van der Waals surface area contributed by atoms with Crippen molar-refractivity contribution in [2.24, 2.45) is 11.3 Å². The summed E-state index contributed by atoms with van der Waals surface area (Å²) in [6.07, 6.45) is 6.83. The number of carbonyl (C=O) groups is 1. The quantitative estimate of drug-likeness (QED) is 0.769. The Balaban J connectivity index is 1.50. The van der Waals surface area contributed by atoms with Gasteiger partial charge in [-0.1, -0.05) is 25.9 Å². The molecule has 0 saturated heterocycles. The normalized spacial score (nSPS) is 22.5. The zero-order valence-electron chi connectivity index (χ0n) is 14.9. The lowest BCUT2D eigenvalue weighted by molar-refractivity contribution is -0.153. The van der Waals surface area contributed by atoms with Crippen molar-refractivity contribution in [3.63, 3.8) is 0 Å². The second kappa shape index (κ2) is 7.29. The molecule has 2 heterocycles. The van der Waals surface area contributed by atoms with Gasteiger partial charge >= 0.3 is 5.97 Å². The fraction of sp³-hybridized carbons (Fsp3) is 0.611. The van der Waals surface area contributed by atoms with Crippen LogP contribution in [0.5, 0.6) is 0 Å². The van der Waals surface area contributed by atoms with Crippen LogP contribution in [0.4, 0.5) is 0 Å². The molecule has 2 aromatic heterocycles. The Labute approximate surface area is 147 Å². The van der Waals surface area contributed by atoms with Gasteiger partial charge in [-0.25, -0.2) is 9.97 Å². The Morgan fingerprint density at radius 1 is 1.28 bits per heavy atom. The summed E-state index contributed by atoms with van der Waals surface area (Å²) in [5.74, 6) is 1.47. The highest BCUT2D eigenvalue weighted by Crippen LogP contribution is 2.39. The van der Waals surface area contributed by atoms with E-state index in [9.17, 15) is 4.79 Å². The van der Waals surface area contributed by atoms with Crippen LogP contribution in [0.15, 0.2) is 23.0 Å². The van der Waals surface area contributed by atoms with Crippen LogP contribution in [0, 0.1) is 11.3 Å². The van der Waals surface area contributed by atoms with Gasteiger partial charge in [-0.2, -0.15) is 4.98 Å². The number of ether oxygens (including phenoxy) is 1. The SMILES string of the molecule is CC1CC(OC(=O)CCc2nc(-c3ncccn3)no2)CC(C)(C)C1. The van der Waals surface area contributed by atoms with Crippen LogP contribution >= 0.6 is 0 Å². The van der Waals surface area contributed by atoms with E-state index in [1.807, 2.05) is 0 Å². The molecule has 0 spiro atoms. The van der Waals surface area contributed by atoms with Crippen LogP contribution in [0.1, 0.15) is 52.3 Å². The van der Waals surface area contributed by atoms with Gasteiger partial charge < -0.3 is 9.26 Å². The average Bonchev–Trinajstić information content (AvgIpc) is 3.01. The van der Waals surface area contributed by atoms with Crippen molar-refractivity contribution >= 4 is 5.97 Å². The molecule has 0 N–H and O–H groups in total. The Morgan fingerprint density at radius 3 is 2.76 bits per heavy atom. The molecule has 1 fully saturated rings. The van der Waals surface area contributed by atoms with Crippen molar-refractivity contribution in [2.75, 3.05) is 0 Å². The van der Waals surface area contributed by atoms with Crippen LogP contribution in [-0.4, -0.2) is 32.2 Å². The van der Waals surface area contributed by atoms with Crippen LogP contribution < -0.4 is 0 Å². The highest BCUT2D eigenvalue weighted by molar-refractivity contribution is 5.69. The number of rotatable bonds is 5. The minimum absolute atomic E-state index is 0.00205. The monoisotopic (exact) mass is 344 g/mol. The maximum Gasteiger partial charge on any atom is 0.306 e. The molecule has 0 aliphatic heterocycles. The molecule has 0 amide bonds. The maximum atomic E-state index is 12.1. The molecule has 7 nitrogen and oxygen atoms in total. The second-order valence-electron chi connectivity index (χ2n) is 7.61. The van der Waals surface area contributed by atoms with E-state index >= 15 is 0 Å². The Morgan fingerprint density at radius 2 is 2.04 bits per heavy atom. The minimum Gasteiger partial charge on any atom is -0.462 e. The van der Waals surface area contributed by atoms with E-state index in [1.165, 1.54) is 6.42 Å². The lowest BCUT2D eigenvalue weighted by Crippen LogP contribution is -2.34. The van der Waals surface area contributed by atoms with Crippen molar-refractivity contribution in [3.8, 4) is 11.6 Å². The molecule has 134 valence electrons. The van der Waals surface area contributed by atoms with Crippen LogP contribution in [0.3, 0.4) is 0 Å². The van der Waals surface area contributed by atoms with Crippen LogP contribution in [-0.2, 0) is 16.0 Å². The van der Waals surface area contributed by atoms with E-state index in [2.05, 4.69) is 40.9 Å². The van der Waals surface area contributed by atoms with Crippen molar-refractivity contribution in [2.45, 2.75) is 59.0 Å². The Hall–Kier alpha value is -2.31. The first-order valence-corrected chi connectivity index (χ1v) is 8.71. The molecular weight excluding hydrogens is 320 g/mol. The zero-order valence-corrected chi connectivity index (χ0v) is 14.9. The highest BCUT2D eigenvalue weighted by atomic mass is 16.5. The van der Waals surface area contributed by atoms with Gasteiger partial charge in [0.15, 0.2) is 0 Å². The van der Waals surface area contributed by atoms with Gasteiger partial charge in [0.05, 0.1) is 6.42 Å². The Bertz CT molecular complexity index is 714. The summed E-state index contributed by atoms with van der Waals surface area (Å²) in [5, 5.41) is 3.85. The van der Waals surface area contributed by atoms with E-state index in [0.29, 0.717) is 29.9 Å². The number of aryl methyl sites for hydroxylation is 1. The van der Waals surface area contributed by atoms with E-state index < -0.39 is 0 Å². The molecule has 2 aromatic rings. The molecule has 1 aliphatic rings. The first kappa shape index (κ1) is 17.5. The minimum atomic E-state index is -0.217. The highest BCUT2D eigenvalue weighted by Gasteiger charge is 2.33. The average molecular weight is 344 g/mol. The summed E-state index contributed by atoms with van der Waals surface area (Å²) in [4.78, 5) is 24.5. The number of hydrogen-bond donors (Lipinski definition) is 0. The summed E-state index contributed by atoms with van der Waals surface area (Å²) in [6, 6.07) is 1.72. The molecule has 0 radical (unpaired) electrons. The smallest absolute Gasteiger partial charge is 0.306 e. The van der Waals surface area contributed by atoms with Crippen LogP contribution in [0.25, 0.3) is 11.6 Å². The van der Waals surface area contributed by atoms with Gasteiger partial charge in [-0.3, -0.25) is 4.79 Å². The topological polar surface area (TPSA) is 91.0 Å². The predicted molar refractivity (Wildman–Crippen MR) is 90.3 cm³/mol. The molecule has 3 rings (SSSR count). The fourth-order valence-electron chi connectivity index (χ4n) is 3.66. The summed E-state index contributed by atoms with van der Waals surface area (Å²) >= 11 is 0. The lowest BCUT2D eigenvalue weighted by atomic mass is 9.71. The third kappa shape index (κ3) is 4.84. The molecule has 2 unspecified atom stereocenters. The van der Waals surface area contributed by atoms with Crippen molar-refractivity contribution in [1.82, 2.24) is 20.1 Å². The third-order valence-corrected chi connectivity index (χ3v) is 4.42. The van der Waals surface area contributed by atoms with Crippen molar-refractivity contribution < 1.29 is 14.1 Å². The van der Waals surface area contributed by atoms with Gasteiger partial charge in [0.1, 0.15) is 6.10 Å². The van der Waals surface area contributed by atoms with E-state index in [0.717, 1.165) is 12.8 Å². The molecule has 7 heteroatoms. The molecule has 0 bridgehead atoms. The molecule has 2 atom stereocenters. The molecule has 0 aromatic carbocycles. The molecule has 1 saturated carbocycles. The van der Waals surface area contributed by atoms with Crippen molar-refractivity contribution in [3.05, 3.63) is 24.4 Å². The van der Waals surface area contributed by atoms with Crippen molar-refractivity contribution in [1.29, 1.82) is 0 Å². The summed E-state index contributed by atoms with van der Waals surface area (Å²) in [7, 11) is 0. The van der Waals surface area contributed by atoms with E-state index in [-0.39, 0.29) is 23.9 Å². The van der Waals surface area contributed by atoms with E-state index in [1.54, 1.807) is 18.5 Å². The fourth-order valence-corrected chi connectivity index (χ4v) is 3.66. The van der Waals surface area contributed by atoms with Gasteiger partial charge in [0.2, 0.25) is 17.5 Å². The largest absolute Gasteiger partial charge is 0.462 e. The molecular formula is C18H24N4O3. The maximum absolute atomic E-state index is 12.1. The summed E-state index contributed by atoms with van der Waals surface area (Å²) in [5.41, 5.74) is 0.222. The number of hydrogen-bond acceptors (Lipinski definition) is 7. The summed E-state index contributed by atoms with van der Waals surface area (Å²) < 4.78 is 10.8. The predicted octanol–water partition coefficient (Wildman–Crippen LogP) is 3.22. The van der Waals surface area contributed by atoms with Gasteiger partial charge in [0, 0.05) is 18.8 Å². The summed E-state index contributed by atoms with van der Waals surface area (Å²) in [6.45, 7) is 6.68. The number of carbonyl (C=O) groups excluding carboxylic acids is 1. The second-order valence-corrected chi connectivity index (χ2v) is 7.61. The zero-order chi connectivity index (χ0) is 17.9. The van der Waals surface area contributed by atoms with Gasteiger partial charge in [-0.05, 0) is 36.7 Å². The standard InChI is InChI=1S/C18H24N4O3/c1-12-9-13(11-18(2,3)10-12)24-15(23)6-5-14-21-17(22-25-14)16-19-7-4-8-20-16/h4,7-8,12-13H,5-6,9-11H2,1-3H3. The number of nitrogens with zero attached hydrogens (tertiary/aromatic N) is 4. The number of esters is 1. The van der Waals surface area contributed by atoms with Gasteiger partial charge in [0.25, 0.3) is 0 Å². The molecule has 1 aliphatic carbocycles. The number of aromatic nitrogens is 4. The third-order valence-electron chi connectivity index (χ3n) is 4.42. The first-order chi connectivity index (χ1) is 11.9. The Kier molecular flexibility index (Phi) is 5.11. The van der Waals surface area contributed by atoms with Crippen LogP contribution in [0.2, 0.25) is 0 Å². The molecule has 25 heavy (non-hydrogen) atoms. The first-order valence-electron chi connectivity index (χ1n) is 8.71. The van der Waals surface area contributed by atoms with Gasteiger partial charge in [-0.15, -0.1) is 0 Å².